The van der Waals surface area contributed by atoms with Gasteiger partial charge in [-0.15, -0.1) is 0 Å². The van der Waals surface area contributed by atoms with Crippen LogP contribution in [0.25, 0.3) is 22.3 Å². The van der Waals surface area contributed by atoms with Crippen LogP contribution in [0.1, 0.15) is 22.3 Å². The molecule has 28 heavy (non-hydrogen) atoms. The lowest BCUT2D eigenvalue weighted by Gasteiger charge is -2.17. The summed E-state index contributed by atoms with van der Waals surface area (Å²) in [4.78, 5) is 12.3. The van der Waals surface area contributed by atoms with E-state index in [1.54, 1.807) is 24.3 Å². The van der Waals surface area contributed by atoms with Gasteiger partial charge in [-0.2, -0.15) is 0 Å². The van der Waals surface area contributed by atoms with E-state index in [1.807, 2.05) is 0 Å². The number of ketones is 1. The Morgan fingerprint density at radius 2 is 1.29 bits per heavy atom. The summed E-state index contributed by atoms with van der Waals surface area (Å²) in [6.07, 6.45) is 0.845. The zero-order chi connectivity index (χ0) is 19.8. The van der Waals surface area contributed by atoms with E-state index in [-0.39, 0.29) is 11.3 Å². The molecule has 0 atom stereocenters. The van der Waals surface area contributed by atoms with Crippen molar-refractivity contribution < 1.29 is 23.0 Å². The van der Waals surface area contributed by atoms with Crippen molar-refractivity contribution in [1.29, 1.82) is 0 Å². The molecule has 0 saturated carbocycles. The number of benzene rings is 3. The Bertz CT molecular complexity index is 1090. The second-order valence-electron chi connectivity index (χ2n) is 6.63. The average molecular weight is 380 g/mol. The molecule has 0 bridgehead atoms. The third-order valence-corrected chi connectivity index (χ3v) is 5.12. The van der Waals surface area contributed by atoms with Crippen molar-refractivity contribution in [2.45, 2.75) is 12.8 Å². The normalized spacial score (nSPS) is 12.8. The number of carbonyl (C=O) groups excluding carboxylic acids is 1. The number of fused-ring (bicyclic) bond motifs is 1. The van der Waals surface area contributed by atoms with Crippen molar-refractivity contribution in [3.05, 3.63) is 71.3 Å². The molecule has 142 valence electrons. The van der Waals surface area contributed by atoms with Gasteiger partial charge >= 0.3 is 0 Å². The molecule has 0 unspecified atom stereocenters. The number of ether oxygens (including phenoxy) is 2. The van der Waals surface area contributed by atoms with Crippen LogP contribution >= 0.6 is 0 Å². The van der Waals surface area contributed by atoms with Crippen LogP contribution in [-0.2, 0) is 6.42 Å². The molecule has 0 radical (unpaired) electrons. The molecule has 0 aliphatic heterocycles. The van der Waals surface area contributed by atoms with E-state index >= 15 is 0 Å². The lowest BCUT2D eigenvalue weighted by atomic mass is 9.88. The van der Waals surface area contributed by atoms with Crippen LogP contribution in [0.15, 0.2) is 48.5 Å². The Balaban J connectivity index is 2.06. The summed E-state index contributed by atoms with van der Waals surface area (Å²) in [7, 11) is 3.00. The van der Waals surface area contributed by atoms with Crippen molar-refractivity contribution in [2.75, 3.05) is 14.2 Å². The van der Waals surface area contributed by atoms with Crippen LogP contribution in [0.4, 0.5) is 8.78 Å². The molecule has 0 amide bonds. The molecular formula is C23H18F2O3. The molecule has 5 heteroatoms. The van der Waals surface area contributed by atoms with E-state index in [4.69, 9.17) is 9.47 Å². The summed E-state index contributed by atoms with van der Waals surface area (Å²) in [6, 6.07) is 12.2. The number of rotatable bonds is 4. The highest BCUT2D eigenvalue weighted by atomic mass is 19.1. The van der Waals surface area contributed by atoms with Crippen LogP contribution in [0, 0.1) is 11.6 Å². The van der Waals surface area contributed by atoms with Crippen molar-refractivity contribution in [1.82, 2.24) is 0 Å². The standard InChI is InChI=1S/C23H18F2O3/c1-27-13-3-8-20(24)18(11-13)17-6-5-15-16(7-10-22(15)26)23(17)19-12-14(28-2)4-9-21(19)25/h3-6,8-9,11-12H,7,10H2,1-2H3. The molecule has 0 fully saturated rings. The number of hydrogen-bond acceptors (Lipinski definition) is 3. The molecule has 0 aromatic heterocycles. The Morgan fingerprint density at radius 3 is 1.93 bits per heavy atom. The highest BCUT2D eigenvalue weighted by molar-refractivity contribution is 6.04. The molecule has 0 spiro atoms. The predicted molar refractivity (Wildman–Crippen MR) is 103 cm³/mol. The second kappa shape index (κ2) is 7.08. The summed E-state index contributed by atoms with van der Waals surface area (Å²) in [6.45, 7) is 0. The van der Waals surface area contributed by atoms with Crippen molar-refractivity contribution in [3.63, 3.8) is 0 Å². The summed E-state index contributed by atoms with van der Waals surface area (Å²) < 4.78 is 40.0. The lowest BCUT2D eigenvalue weighted by molar-refractivity contribution is 0.0994. The van der Waals surface area contributed by atoms with Crippen molar-refractivity contribution >= 4 is 5.78 Å². The van der Waals surface area contributed by atoms with Gasteiger partial charge < -0.3 is 9.47 Å². The number of Topliss-reactive ketones (excluding diaryl/α,β-unsaturated/α-hetero) is 1. The molecule has 0 heterocycles. The van der Waals surface area contributed by atoms with E-state index in [2.05, 4.69) is 0 Å². The van der Waals surface area contributed by atoms with E-state index in [9.17, 15) is 13.6 Å². The second-order valence-corrected chi connectivity index (χ2v) is 6.63. The summed E-state index contributed by atoms with van der Waals surface area (Å²) >= 11 is 0. The molecule has 3 aromatic carbocycles. The van der Waals surface area contributed by atoms with Crippen molar-refractivity contribution in [3.8, 4) is 33.8 Å². The minimum Gasteiger partial charge on any atom is -0.497 e. The van der Waals surface area contributed by atoms with Crippen LogP contribution < -0.4 is 9.47 Å². The highest BCUT2D eigenvalue weighted by Gasteiger charge is 2.27. The fourth-order valence-corrected chi connectivity index (χ4v) is 3.73. The average Bonchev–Trinajstić information content (AvgIpc) is 3.09. The summed E-state index contributed by atoms with van der Waals surface area (Å²) in [5.74, 6) is 0.0744. The molecule has 3 aromatic rings. The predicted octanol–water partition coefficient (Wildman–Crippen LogP) is 5.44. The zero-order valence-corrected chi connectivity index (χ0v) is 15.5. The molecular weight excluding hydrogens is 362 g/mol. The number of carbonyl (C=O) groups is 1. The zero-order valence-electron chi connectivity index (χ0n) is 15.5. The van der Waals surface area contributed by atoms with Gasteiger partial charge in [-0.05, 0) is 59.5 Å². The maximum absolute atomic E-state index is 14.8. The van der Waals surface area contributed by atoms with Gasteiger partial charge in [-0.1, -0.05) is 12.1 Å². The molecule has 1 aliphatic carbocycles. The first-order chi connectivity index (χ1) is 13.5. The quantitative estimate of drug-likeness (QED) is 0.604. The lowest BCUT2D eigenvalue weighted by Crippen LogP contribution is -1.99. The number of halogens is 2. The first-order valence-electron chi connectivity index (χ1n) is 8.90. The Morgan fingerprint density at radius 1 is 0.714 bits per heavy atom. The SMILES string of the molecule is COc1ccc(F)c(-c2ccc3c(c2-c2cc(OC)ccc2F)CCC3=O)c1. The van der Waals surface area contributed by atoms with Gasteiger partial charge in [0.05, 0.1) is 14.2 Å². The summed E-state index contributed by atoms with van der Waals surface area (Å²) in [5.41, 5.74) is 2.90. The van der Waals surface area contributed by atoms with Crippen molar-refractivity contribution in [2.24, 2.45) is 0 Å². The largest absolute Gasteiger partial charge is 0.497 e. The maximum Gasteiger partial charge on any atom is 0.163 e. The molecule has 3 nitrogen and oxygen atoms in total. The van der Waals surface area contributed by atoms with Gasteiger partial charge in [0.1, 0.15) is 23.1 Å². The molecule has 0 N–H and O–H groups in total. The Labute approximate surface area is 161 Å². The molecule has 0 saturated heterocycles. The monoisotopic (exact) mass is 380 g/mol. The van der Waals surface area contributed by atoms with Crippen LogP contribution in [-0.4, -0.2) is 20.0 Å². The molecule has 4 rings (SSSR count). The fourth-order valence-electron chi connectivity index (χ4n) is 3.73. The highest BCUT2D eigenvalue weighted by Crippen LogP contribution is 2.43. The number of methoxy groups -OCH3 is 2. The number of hydrogen-bond donors (Lipinski definition) is 0. The van der Waals surface area contributed by atoms with E-state index in [0.717, 1.165) is 5.56 Å². The fraction of sp³-hybridized carbons (Fsp3) is 0.174. The van der Waals surface area contributed by atoms with Gasteiger partial charge in [-0.25, -0.2) is 8.78 Å². The minimum atomic E-state index is -0.460. The smallest absolute Gasteiger partial charge is 0.163 e. The molecule has 1 aliphatic rings. The third kappa shape index (κ3) is 2.93. The van der Waals surface area contributed by atoms with E-state index < -0.39 is 11.6 Å². The van der Waals surface area contributed by atoms with Gasteiger partial charge in [0.2, 0.25) is 0 Å². The van der Waals surface area contributed by atoms with Crippen LogP contribution in [0.3, 0.4) is 0 Å². The van der Waals surface area contributed by atoms with Gasteiger partial charge in [0.25, 0.3) is 0 Å². The Hall–Kier alpha value is -3.21. The van der Waals surface area contributed by atoms with E-state index in [1.165, 1.54) is 38.5 Å². The van der Waals surface area contributed by atoms with E-state index in [0.29, 0.717) is 46.6 Å². The maximum atomic E-state index is 14.8. The topological polar surface area (TPSA) is 35.5 Å². The van der Waals surface area contributed by atoms with Crippen LogP contribution in [0.2, 0.25) is 0 Å². The summed E-state index contributed by atoms with van der Waals surface area (Å²) in [5, 5.41) is 0. The first kappa shape index (κ1) is 18.2. The van der Waals surface area contributed by atoms with Gasteiger partial charge in [0.15, 0.2) is 5.78 Å². The van der Waals surface area contributed by atoms with Gasteiger partial charge in [-0.3, -0.25) is 4.79 Å². The minimum absolute atomic E-state index is 0.0113. The van der Waals surface area contributed by atoms with Gasteiger partial charge in [0, 0.05) is 23.1 Å². The Kier molecular flexibility index (Phi) is 4.59. The first-order valence-corrected chi connectivity index (χ1v) is 8.90. The van der Waals surface area contributed by atoms with Crippen LogP contribution in [0.5, 0.6) is 11.5 Å². The third-order valence-electron chi connectivity index (χ3n) is 5.12.